The van der Waals surface area contributed by atoms with E-state index in [-0.39, 0.29) is 35.5 Å². The fraction of sp³-hybridized carbons (Fsp3) is 0.500. The maximum Gasteiger partial charge on any atom is 0.300 e. The average Bonchev–Trinajstić information content (AvgIpc) is 3.00. The number of nitrogen functional groups attached to an aromatic ring is 1. The maximum atomic E-state index is 11.2. The van der Waals surface area contributed by atoms with Gasteiger partial charge in [-0.25, -0.2) is 9.97 Å². The number of aromatic nitrogens is 3. The van der Waals surface area contributed by atoms with Crippen LogP contribution < -0.4 is 5.73 Å². The highest BCUT2D eigenvalue weighted by Gasteiger charge is 2.36. The zero-order valence-corrected chi connectivity index (χ0v) is 11.3. The van der Waals surface area contributed by atoms with Crippen LogP contribution in [0, 0.1) is 16.0 Å². The highest BCUT2D eigenvalue weighted by atomic mass is 16.6. The van der Waals surface area contributed by atoms with E-state index in [1.807, 2.05) is 6.92 Å². The molecule has 1 aliphatic heterocycles. The normalized spacial score (nSPS) is 25.5. The second-order valence-corrected chi connectivity index (χ2v) is 5.18. The minimum atomic E-state index is -0.512. The zero-order chi connectivity index (χ0) is 15.1. The van der Waals surface area contributed by atoms with E-state index in [0.29, 0.717) is 12.1 Å². The molecule has 1 saturated heterocycles. The van der Waals surface area contributed by atoms with E-state index in [9.17, 15) is 15.2 Å². The molecule has 0 unspecified atom stereocenters. The van der Waals surface area contributed by atoms with E-state index in [4.69, 9.17) is 10.5 Å². The molecule has 3 N–H and O–H groups in total. The van der Waals surface area contributed by atoms with Crippen LogP contribution in [0.1, 0.15) is 19.6 Å². The van der Waals surface area contributed by atoms with Crippen LogP contribution in [0.15, 0.2) is 12.5 Å². The number of nitrogens with zero attached hydrogens (tertiary/aromatic N) is 4. The topological polar surface area (TPSA) is 129 Å². The van der Waals surface area contributed by atoms with Crippen LogP contribution in [0.5, 0.6) is 0 Å². The summed E-state index contributed by atoms with van der Waals surface area (Å²) in [6, 6.07) is 0. The molecule has 1 fully saturated rings. The predicted molar refractivity (Wildman–Crippen MR) is 73.4 cm³/mol. The van der Waals surface area contributed by atoms with Gasteiger partial charge >= 0.3 is 0 Å². The molecule has 9 heteroatoms. The molecule has 0 amide bonds. The third-order valence-electron chi connectivity index (χ3n) is 3.75. The van der Waals surface area contributed by atoms with Gasteiger partial charge in [-0.1, -0.05) is 6.92 Å². The smallest absolute Gasteiger partial charge is 0.300 e. The van der Waals surface area contributed by atoms with Crippen LogP contribution in [-0.4, -0.2) is 37.3 Å². The zero-order valence-electron chi connectivity index (χ0n) is 11.3. The van der Waals surface area contributed by atoms with Crippen molar-refractivity contribution >= 4 is 22.5 Å². The Labute approximate surface area is 119 Å². The van der Waals surface area contributed by atoms with Crippen molar-refractivity contribution in [3.63, 3.8) is 0 Å². The Morgan fingerprint density at radius 1 is 1.62 bits per heavy atom. The summed E-state index contributed by atoms with van der Waals surface area (Å²) in [5.41, 5.74) is 5.96. The van der Waals surface area contributed by atoms with Crippen molar-refractivity contribution in [1.29, 1.82) is 0 Å². The minimum Gasteiger partial charge on any atom is -0.394 e. The van der Waals surface area contributed by atoms with Crippen molar-refractivity contribution in [3.8, 4) is 0 Å². The van der Waals surface area contributed by atoms with Crippen LogP contribution >= 0.6 is 0 Å². The van der Waals surface area contributed by atoms with Crippen molar-refractivity contribution in [2.75, 3.05) is 12.3 Å². The number of rotatable bonds is 3. The highest BCUT2D eigenvalue weighted by Crippen LogP contribution is 2.39. The lowest BCUT2D eigenvalue weighted by Crippen LogP contribution is -2.15. The van der Waals surface area contributed by atoms with E-state index in [2.05, 4.69) is 9.97 Å². The van der Waals surface area contributed by atoms with Gasteiger partial charge in [0.05, 0.1) is 23.8 Å². The van der Waals surface area contributed by atoms with Gasteiger partial charge in [-0.3, -0.25) is 14.7 Å². The minimum absolute atomic E-state index is 0.0646. The van der Waals surface area contributed by atoms with Gasteiger partial charge in [0.2, 0.25) is 0 Å². The van der Waals surface area contributed by atoms with Crippen LogP contribution in [0.2, 0.25) is 0 Å². The molecule has 0 bridgehead atoms. The molecule has 3 atom stereocenters. The second kappa shape index (κ2) is 4.93. The van der Waals surface area contributed by atoms with Crippen LogP contribution in [0.3, 0.4) is 0 Å². The van der Waals surface area contributed by atoms with Crippen molar-refractivity contribution in [3.05, 3.63) is 22.6 Å². The van der Waals surface area contributed by atoms with Crippen molar-refractivity contribution < 1.29 is 14.8 Å². The summed E-state index contributed by atoms with van der Waals surface area (Å²) in [5, 5.41) is 20.6. The number of hydrogen-bond acceptors (Lipinski definition) is 7. The fourth-order valence-corrected chi connectivity index (χ4v) is 2.80. The quantitative estimate of drug-likeness (QED) is 0.633. The van der Waals surface area contributed by atoms with E-state index in [0.717, 1.165) is 0 Å². The second-order valence-electron chi connectivity index (χ2n) is 5.18. The summed E-state index contributed by atoms with van der Waals surface area (Å²) in [7, 11) is 0. The first-order valence-electron chi connectivity index (χ1n) is 6.54. The number of nitro groups is 1. The van der Waals surface area contributed by atoms with Crippen LogP contribution in [0.4, 0.5) is 11.5 Å². The van der Waals surface area contributed by atoms with Gasteiger partial charge < -0.3 is 15.6 Å². The van der Waals surface area contributed by atoms with Gasteiger partial charge in [0.25, 0.3) is 5.69 Å². The first-order chi connectivity index (χ1) is 10.0. The Balaban J connectivity index is 2.16. The summed E-state index contributed by atoms with van der Waals surface area (Å²) in [4.78, 5) is 18.6. The fourth-order valence-electron chi connectivity index (χ4n) is 2.80. The molecule has 21 heavy (non-hydrogen) atoms. The molecule has 0 spiro atoms. The van der Waals surface area contributed by atoms with E-state index >= 15 is 0 Å². The number of ether oxygens (including phenoxy) is 1. The largest absolute Gasteiger partial charge is 0.394 e. The van der Waals surface area contributed by atoms with Gasteiger partial charge in [-0.05, 0) is 6.42 Å². The summed E-state index contributed by atoms with van der Waals surface area (Å²) >= 11 is 0. The SMILES string of the molecule is C[C@H]1C[C@@H](CO)O[C@H]1n1cc([N+](=O)[O-])c2c(N)ncnc21. The molecule has 3 rings (SSSR count). The lowest BCUT2D eigenvalue weighted by molar-refractivity contribution is -0.383. The predicted octanol–water partition coefficient (Wildman–Crippen LogP) is 0.838. The molecule has 2 aromatic heterocycles. The van der Waals surface area contributed by atoms with Gasteiger partial charge in [-0.2, -0.15) is 0 Å². The molecular weight excluding hydrogens is 278 g/mol. The summed E-state index contributed by atoms with van der Waals surface area (Å²) < 4.78 is 7.34. The maximum absolute atomic E-state index is 11.2. The highest BCUT2D eigenvalue weighted by molar-refractivity contribution is 5.95. The summed E-state index contributed by atoms with van der Waals surface area (Å²) in [6.45, 7) is 1.88. The lowest BCUT2D eigenvalue weighted by Gasteiger charge is -2.17. The Kier molecular flexibility index (Phi) is 3.22. The number of aliphatic hydroxyl groups is 1. The molecule has 0 radical (unpaired) electrons. The molecule has 2 aromatic rings. The third kappa shape index (κ3) is 2.10. The monoisotopic (exact) mass is 293 g/mol. The first kappa shape index (κ1) is 13.7. The van der Waals surface area contributed by atoms with E-state index in [1.165, 1.54) is 12.5 Å². The molecule has 1 aliphatic rings. The summed E-state index contributed by atoms with van der Waals surface area (Å²) in [5.74, 6) is 0.156. The van der Waals surface area contributed by atoms with Gasteiger partial charge in [0.15, 0.2) is 5.65 Å². The van der Waals surface area contributed by atoms with Gasteiger partial charge in [-0.15, -0.1) is 0 Å². The summed E-state index contributed by atoms with van der Waals surface area (Å²) in [6.07, 6.45) is 2.61. The van der Waals surface area contributed by atoms with Gasteiger partial charge in [0.1, 0.15) is 23.8 Å². The lowest BCUT2D eigenvalue weighted by atomic mass is 10.1. The Morgan fingerprint density at radius 3 is 3.00 bits per heavy atom. The number of anilines is 1. The first-order valence-corrected chi connectivity index (χ1v) is 6.54. The van der Waals surface area contributed by atoms with Crippen molar-refractivity contribution in [1.82, 2.24) is 14.5 Å². The Hall–Kier alpha value is -2.26. The number of aliphatic hydroxyl groups excluding tert-OH is 1. The molecule has 0 saturated carbocycles. The van der Waals surface area contributed by atoms with E-state index < -0.39 is 11.2 Å². The number of nitrogens with two attached hydrogens (primary N) is 1. The van der Waals surface area contributed by atoms with Crippen molar-refractivity contribution in [2.24, 2.45) is 5.92 Å². The van der Waals surface area contributed by atoms with Crippen molar-refractivity contribution in [2.45, 2.75) is 25.7 Å². The molecular formula is C12H15N5O4. The van der Waals surface area contributed by atoms with Gasteiger partial charge in [0, 0.05) is 5.92 Å². The number of hydrogen-bond donors (Lipinski definition) is 2. The Morgan fingerprint density at radius 2 is 2.38 bits per heavy atom. The average molecular weight is 293 g/mol. The Bertz CT molecular complexity index is 700. The molecule has 3 heterocycles. The van der Waals surface area contributed by atoms with Crippen LogP contribution in [0.25, 0.3) is 11.0 Å². The molecule has 0 aromatic carbocycles. The van der Waals surface area contributed by atoms with Crippen LogP contribution in [-0.2, 0) is 4.74 Å². The third-order valence-corrected chi connectivity index (χ3v) is 3.75. The molecule has 112 valence electrons. The number of fused-ring (bicyclic) bond motifs is 1. The molecule has 9 nitrogen and oxygen atoms in total. The molecule has 0 aliphatic carbocycles. The standard InChI is InChI=1S/C12H15N5O4/c1-6-2-7(4-18)21-12(6)16-3-8(17(19)20)9-10(13)14-5-15-11(9)16/h3,5-7,12,18H,2,4H2,1H3,(H2,13,14,15)/t6-,7-,12+/m0/s1. The van der Waals surface area contributed by atoms with E-state index in [1.54, 1.807) is 4.57 Å².